The summed E-state index contributed by atoms with van der Waals surface area (Å²) in [7, 11) is -0.637. The molecule has 1 unspecified atom stereocenters. The molecule has 0 spiro atoms. The predicted molar refractivity (Wildman–Crippen MR) is 123 cm³/mol. The van der Waals surface area contributed by atoms with Crippen molar-refractivity contribution in [3.8, 4) is 0 Å². The average molecular weight is 428 g/mol. The Balaban J connectivity index is 2.14. The Kier molecular flexibility index (Phi) is 7.98. The van der Waals surface area contributed by atoms with Crippen molar-refractivity contribution >= 4 is 25.9 Å². The molecule has 0 radical (unpaired) electrons. The second-order valence-corrected chi connectivity index (χ2v) is 13.8. The summed E-state index contributed by atoms with van der Waals surface area (Å²) in [4.78, 5) is 24.7. The fraction of sp³-hybridized carbons (Fsp3) is 0.417. The number of carbonyl (C=O) groups is 2. The van der Waals surface area contributed by atoms with Crippen molar-refractivity contribution in [2.75, 3.05) is 19.0 Å². The third-order valence-corrected chi connectivity index (χ3v) is 10.2. The van der Waals surface area contributed by atoms with Crippen molar-refractivity contribution in [1.29, 1.82) is 0 Å². The Hall–Kier alpha value is -2.44. The SMILES string of the molecule is COC(=O)c1ccc(NC(=O)C(CO[Si](C)(C)C(C)(C)C)Cc2ccccc2)cc1. The second-order valence-electron chi connectivity index (χ2n) is 9.02. The van der Waals surface area contributed by atoms with Crippen LogP contribution in [0.5, 0.6) is 0 Å². The molecule has 30 heavy (non-hydrogen) atoms. The molecule has 0 heterocycles. The quantitative estimate of drug-likeness (QED) is 0.459. The number of hydrogen-bond donors (Lipinski definition) is 1. The molecule has 0 aliphatic rings. The molecule has 6 heteroatoms. The highest BCUT2D eigenvalue weighted by Crippen LogP contribution is 2.37. The first kappa shape index (κ1) is 23.8. The number of nitrogens with one attached hydrogen (secondary N) is 1. The maximum atomic E-state index is 13.1. The molecule has 0 fully saturated rings. The summed E-state index contributed by atoms with van der Waals surface area (Å²) in [6.45, 7) is 11.3. The van der Waals surface area contributed by atoms with Crippen LogP contribution in [0.3, 0.4) is 0 Å². The number of benzene rings is 2. The van der Waals surface area contributed by atoms with Crippen LogP contribution in [-0.2, 0) is 20.4 Å². The van der Waals surface area contributed by atoms with Gasteiger partial charge in [-0.25, -0.2) is 4.79 Å². The van der Waals surface area contributed by atoms with Crippen molar-refractivity contribution in [1.82, 2.24) is 0 Å². The number of carbonyl (C=O) groups excluding carboxylic acids is 2. The Labute approximate surface area is 180 Å². The Morgan fingerprint density at radius 3 is 2.13 bits per heavy atom. The molecular weight excluding hydrogens is 394 g/mol. The van der Waals surface area contributed by atoms with Gasteiger partial charge in [0, 0.05) is 12.3 Å². The highest BCUT2D eigenvalue weighted by molar-refractivity contribution is 6.74. The van der Waals surface area contributed by atoms with E-state index in [-0.39, 0.29) is 16.9 Å². The third kappa shape index (κ3) is 6.54. The van der Waals surface area contributed by atoms with Gasteiger partial charge in [0.1, 0.15) is 0 Å². The van der Waals surface area contributed by atoms with Gasteiger partial charge in [0.25, 0.3) is 0 Å². The van der Waals surface area contributed by atoms with Crippen LogP contribution in [-0.4, -0.2) is 33.9 Å². The zero-order valence-corrected chi connectivity index (χ0v) is 19.8. The molecule has 0 saturated carbocycles. The first-order valence-electron chi connectivity index (χ1n) is 10.2. The van der Waals surface area contributed by atoms with Gasteiger partial charge in [-0.15, -0.1) is 0 Å². The van der Waals surface area contributed by atoms with E-state index in [1.807, 2.05) is 30.3 Å². The van der Waals surface area contributed by atoms with Crippen LogP contribution in [0.1, 0.15) is 36.7 Å². The second kappa shape index (κ2) is 10.0. The van der Waals surface area contributed by atoms with Crippen molar-refractivity contribution < 1.29 is 18.8 Å². The normalized spacial score (nSPS) is 12.9. The Morgan fingerprint density at radius 2 is 1.60 bits per heavy atom. The van der Waals surface area contributed by atoms with Gasteiger partial charge in [-0.3, -0.25) is 4.79 Å². The fourth-order valence-electron chi connectivity index (χ4n) is 2.70. The number of amides is 1. The van der Waals surface area contributed by atoms with Crippen LogP contribution >= 0.6 is 0 Å². The molecule has 162 valence electrons. The van der Waals surface area contributed by atoms with Crippen LogP contribution in [0.2, 0.25) is 18.1 Å². The molecule has 0 bridgehead atoms. The zero-order chi connectivity index (χ0) is 22.4. The van der Waals surface area contributed by atoms with Gasteiger partial charge in [-0.05, 0) is 54.4 Å². The molecule has 1 amide bonds. The minimum atomic E-state index is -1.98. The Bertz CT molecular complexity index is 842. The highest BCUT2D eigenvalue weighted by Gasteiger charge is 2.38. The first-order chi connectivity index (χ1) is 14.0. The molecule has 0 aromatic heterocycles. The maximum Gasteiger partial charge on any atom is 0.337 e. The van der Waals surface area contributed by atoms with E-state index in [0.717, 1.165) is 5.56 Å². The van der Waals surface area contributed by atoms with Crippen LogP contribution in [0.4, 0.5) is 5.69 Å². The van der Waals surface area contributed by atoms with Gasteiger partial charge in [-0.1, -0.05) is 51.1 Å². The molecule has 1 atom stereocenters. The molecular formula is C24H33NO4Si. The van der Waals surface area contributed by atoms with Crippen molar-refractivity contribution in [2.45, 2.75) is 45.3 Å². The lowest BCUT2D eigenvalue weighted by Crippen LogP contribution is -2.43. The largest absolute Gasteiger partial charge is 0.465 e. The van der Waals surface area contributed by atoms with Crippen molar-refractivity contribution in [3.05, 3.63) is 65.7 Å². The number of rotatable bonds is 8. The summed E-state index contributed by atoms with van der Waals surface area (Å²) in [5.41, 5.74) is 2.17. The van der Waals surface area contributed by atoms with Gasteiger partial charge < -0.3 is 14.5 Å². The number of anilines is 1. The summed E-state index contributed by atoms with van der Waals surface area (Å²) in [6, 6.07) is 16.7. The van der Waals surface area contributed by atoms with Gasteiger partial charge in [0.05, 0.1) is 18.6 Å². The van der Waals surface area contributed by atoms with E-state index in [2.05, 4.69) is 39.2 Å². The number of methoxy groups -OCH3 is 1. The summed E-state index contributed by atoms with van der Waals surface area (Å²) >= 11 is 0. The third-order valence-electron chi connectivity index (χ3n) is 5.72. The molecule has 0 saturated heterocycles. The average Bonchev–Trinajstić information content (AvgIpc) is 2.71. The van der Waals surface area contributed by atoms with E-state index in [4.69, 9.17) is 9.16 Å². The molecule has 0 aliphatic heterocycles. The highest BCUT2D eigenvalue weighted by atomic mass is 28.4. The minimum Gasteiger partial charge on any atom is -0.465 e. The minimum absolute atomic E-state index is 0.0739. The van der Waals surface area contributed by atoms with Gasteiger partial charge in [0.2, 0.25) is 5.91 Å². The molecule has 2 aromatic carbocycles. The van der Waals surface area contributed by atoms with Crippen LogP contribution in [0.15, 0.2) is 54.6 Å². The summed E-state index contributed by atoms with van der Waals surface area (Å²) < 4.78 is 11.1. The molecule has 1 N–H and O–H groups in total. The Morgan fingerprint density at radius 1 is 1.00 bits per heavy atom. The number of esters is 1. The molecule has 0 aliphatic carbocycles. The van der Waals surface area contributed by atoms with Gasteiger partial charge in [-0.2, -0.15) is 0 Å². The van der Waals surface area contributed by atoms with E-state index in [9.17, 15) is 9.59 Å². The summed E-state index contributed by atoms with van der Waals surface area (Å²) in [5, 5.41) is 3.04. The summed E-state index contributed by atoms with van der Waals surface area (Å²) in [5.74, 6) is -0.817. The monoisotopic (exact) mass is 427 g/mol. The van der Waals surface area contributed by atoms with E-state index in [1.165, 1.54) is 7.11 Å². The zero-order valence-electron chi connectivity index (χ0n) is 18.8. The number of hydrogen-bond acceptors (Lipinski definition) is 4. The van der Waals surface area contributed by atoms with Crippen molar-refractivity contribution in [2.24, 2.45) is 5.92 Å². The smallest absolute Gasteiger partial charge is 0.337 e. The topological polar surface area (TPSA) is 64.6 Å². The van der Waals surface area contributed by atoms with Gasteiger partial charge >= 0.3 is 5.97 Å². The lowest BCUT2D eigenvalue weighted by Gasteiger charge is -2.37. The maximum absolute atomic E-state index is 13.1. The van der Waals surface area contributed by atoms with Gasteiger partial charge in [0.15, 0.2) is 8.32 Å². The van der Waals surface area contributed by atoms with E-state index in [1.54, 1.807) is 24.3 Å². The number of ether oxygens (including phenoxy) is 1. The van der Waals surface area contributed by atoms with Crippen LogP contribution in [0.25, 0.3) is 0 Å². The first-order valence-corrected chi connectivity index (χ1v) is 13.1. The standard InChI is InChI=1S/C24H33NO4Si/c1-24(2,3)30(5,6)29-17-20(16-18-10-8-7-9-11-18)22(26)25-21-14-12-19(13-15-21)23(27)28-4/h7-15,20H,16-17H2,1-6H3,(H,25,26). The van der Waals surface area contributed by atoms with Crippen molar-refractivity contribution in [3.63, 3.8) is 0 Å². The molecule has 2 aromatic rings. The van der Waals surface area contributed by atoms with E-state index < -0.39 is 14.3 Å². The lowest BCUT2D eigenvalue weighted by molar-refractivity contribution is -0.120. The van der Waals surface area contributed by atoms with E-state index in [0.29, 0.717) is 24.3 Å². The summed E-state index contributed by atoms with van der Waals surface area (Å²) in [6.07, 6.45) is 0.599. The molecule has 5 nitrogen and oxygen atoms in total. The molecule has 2 rings (SSSR count). The van der Waals surface area contributed by atoms with Crippen LogP contribution < -0.4 is 5.32 Å². The fourth-order valence-corrected chi connectivity index (χ4v) is 3.75. The van der Waals surface area contributed by atoms with E-state index >= 15 is 0 Å². The van der Waals surface area contributed by atoms with Crippen LogP contribution in [0, 0.1) is 5.92 Å². The predicted octanol–water partition coefficient (Wildman–Crippen LogP) is 5.29. The lowest BCUT2D eigenvalue weighted by atomic mass is 9.99.